The van der Waals surface area contributed by atoms with E-state index in [0.717, 1.165) is 10.6 Å². The third-order valence-electron chi connectivity index (χ3n) is 4.41. The standard InChI is InChI=1S/C20H17N3O4S2/c24-19(13-23-17-5-1-2-6-18(17)28-14-20(23)25)21-29(26,27)16-9-7-15(8-10-16)22-11-3-4-12-22/h1-12H,13-14H2,(H,21,24). The molecule has 2 amide bonds. The monoisotopic (exact) mass is 427 g/mol. The molecule has 1 N–H and O–H groups in total. The van der Waals surface area contributed by atoms with Crippen LogP contribution in [0.1, 0.15) is 0 Å². The van der Waals surface area contributed by atoms with Crippen LogP contribution in [0.15, 0.2) is 82.8 Å². The molecule has 1 aliphatic rings. The van der Waals surface area contributed by atoms with Crippen LogP contribution in [0.25, 0.3) is 5.69 Å². The van der Waals surface area contributed by atoms with Gasteiger partial charge in [-0.05, 0) is 48.5 Å². The second-order valence-electron chi connectivity index (χ2n) is 6.35. The number of aromatic nitrogens is 1. The smallest absolute Gasteiger partial charge is 0.264 e. The van der Waals surface area contributed by atoms with Gasteiger partial charge in [0.1, 0.15) is 6.54 Å². The number of hydrogen-bond donors (Lipinski definition) is 1. The number of nitrogens with zero attached hydrogens (tertiary/aromatic N) is 2. The molecule has 29 heavy (non-hydrogen) atoms. The number of hydrogen-bond acceptors (Lipinski definition) is 5. The number of rotatable bonds is 5. The second-order valence-corrected chi connectivity index (χ2v) is 9.05. The molecule has 0 fully saturated rings. The Labute approximate surface area is 172 Å². The fourth-order valence-corrected chi connectivity index (χ4v) is 4.93. The van der Waals surface area contributed by atoms with Gasteiger partial charge in [-0.15, -0.1) is 11.8 Å². The predicted octanol–water partition coefficient (Wildman–Crippen LogP) is 2.42. The minimum absolute atomic E-state index is 0.0253. The summed E-state index contributed by atoms with van der Waals surface area (Å²) in [5.74, 6) is -0.801. The molecule has 4 rings (SSSR count). The van der Waals surface area contributed by atoms with Crippen LogP contribution in [0.4, 0.5) is 5.69 Å². The van der Waals surface area contributed by atoms with Crippen LogP contribution >= 0.6 is 11.8 Å². The molecular formula is C20H17N3O4S2. The molecule has 2 aromatic carbocycles. The van der Waals surface area contributed by atoms with Crippen molar-refractivity contribution in [2.45, 2.75) is 9.79 Å². The van der Waals surface area contributed by atoms with Crippen LogP contribution in [-0.2, 0) is 19.6 Å². The third-order valence-corrected chi connectivity index (χ3v) is 6.84. The molecule has 0 saturated heterocycles. The summed E-state index contributed by atoms with van der Waals surface area (Å²) < 4.78 is 29.0. The van der Waals surface area contributed by atoms with Crippen LogP contribution in [0.3, 0.4) is 0 Å². The van der Waals surface area contributed by atoms with Gasteiger partial charge in [-0.1, -0.05) is 12.1 Å². The maximum absolute atomic E-state index is 12.6. The summed E-state index contributed by atoms with van der Waals surface area (Å²) in [5, 5.41) is 0. The van der Waals surface area contributed by atoms with Gasteiger partial charge in [0.25, 0.3) is 15.9 Å². The first-order chi connectivity index (χ1) is 13.9. The van der Waals surface area contributed by atoms with Crippen LogP contribution in [-0.4, -0.2) is 37.1 Å². The number of sulfonamides is 1. The van der Waals surface area contributed by atoms with Crippen molar-refractivity contribution in [2.75, 3.05) is 17.2 Å². The summed E-state index contributed by atoms with van der Waals surface area (Å²) >= 11 is 1.39. The lowest BCUT2D eigenvalue weighted by molar-refractivity contribution is -0.121. The molecule has 7 nitrogen and oxygen atoms in total. The Balaban J connectivity index is 1.48. The number of nitrogens with one attached hydrogen (secondary N) is 1. The molecule has 0 saturated carbocycles. The summed E-state index contributed by atoms with van der Waals surface area (Å²) in [5.41, 5.74) is 1.41. The Morgan fingerprint density at radius 2 is 1.69 bits per heavy atom. The fraction of sp³-hybridized carbons (Fsp3) is 0.100. The summed E-state index contributed by atoms with van der Waals surface area (Å²) in [4.78, 5) is 26.8. The lowest BCUT2D eigenvalue weighted by Crippen LogP contribution is -2.44. The number of benzene rings is 2. The average Bonchev–Trinajstić information content (AvgIpc) is 3.25. The highest BCUT2D eigenvalue weighted by molar-refractivity contribution is 8.00. The Morgan fingerprint density at radius 3 is 2.41 bits per heavy atom. The molecule has 0 radical (unpaired) electrons. The van der Waals surface area contributed by atoms with Gasteiger partial charge in [0.05, 0.1) is 16.3 Å². The summed E-state index contributed by atoms with van der Waals surface area (Å²) in [7, 11) is -4.04. The Hall–Kier alpha value is -3.04. The topological polar surface area (TPSA) is 88.5 Å². The molecule has 0 bridgehead atoms. The minimum Gasteiger partial charge on any atom is -0.324 e. The molecule has 3 aromatic rings. The maximum Gasteiger partial charge on any atom is 0.264 e. The van der Waals surface area contributed by atoms with Gasteiger partial charge in [0.15, 0.2) is 0 Å². The second kappa shape index (κ2) is 7.76. The first-order valence-electron chi connectivity index (χ1n) is 8.75. The van der Waals surface area contributed by atoms with Gasteiger partial charge in [-0.3, -0.25) is 9.59 Å². The number of anilines is 1. The first kappa shape index (κ1) is 19.3. The zero-order chi connectivity index (χ0) is 20.4. The van der Waals surface area contributed by atoms with E-state index >= 15 is 0 Å². The highest BCUT2D eigenvalue weighted by Crippen LogP contribution is 2.34. The van der Waals surface area contributed by atoms with Crippen molar-refractivity contribution in [1.82, 2.24) is 9.29 Å². The third kappa shape index (κ3) is 4.06. The van der Waals surface area contributed by atoms with Crippen LogP contribution < -0.4 is 9.62 Å². The van der Waals surface area contributed by atoms with Crippen molar-refractivity contribution in [2.24, 2.45) is 0 Å². The van der Waals surface area contributed by atoms with Gasteiger partial charge >= 0.3 is 0 Å². The Morgan fingerprint density at radius 1 is 1.00 bits per heavy atom. The van der Waals surface area contributed by atoms with Crippen molar-refractivity contribution in [3.63, 3.8) is 0 Å². The van der Waals surface area contributed by atoms with Gasteiger partial charge < -0.3 is 9.47 Å². The first-order valence-corrected chi connectivity index (χ1v) is 11.2. The molecule has 148 valence electrons. The fourth-order valence-electron chi connectivity index (χ4n) is 3.02. The number of fused-ring (bicyclic) bond motifs is 1. The largest absolute Gasteiger partial charge is 0.324 e. The molecule has 0 unspecified atom stereocenters. The minimum atomic E-state index is -4.04. The zero-order valence-corrected chi connectivity index (χ0v) is 16.8. The number of amides is 2. The van der Waals surface area contributed by atoms with E-state index in [4.69, 9.17) is 0 Å². The van der Waals surface area contributed by atoms with Gasteiger partial charge in [-0.2, -0.15) is 0 Å². The number of para-hydroxylation sites is 1. The van der Waals surface area contributed by atoms with E-state index in [1.165, 1.54) is 28.8 Å². The Bertz CT molecular complexity index is 1160. The number of carbonyl (C=O) groups excluding carboxylic acids is 2. The van der Waals surface area contributed by atoms with Gasteiger partial charge in [0.2, 0.25) is 5.91 Å². The SMILES string of the molecule is O=C(CN1C(=O)CSc2ccccc21)NS(=O)(=O)c1ccc(-n2cccc2)cc1. The van der Waals surface area contributed by atoms with Crippen molar-refractivity contribution in [3.05, 3.63) is 73.1 Å². The number of carbonyl (C=O) groups is 2. The van der Waals surface area contributed by atoms with Crippen LogP contribution in [0, 0.1) is 0 Å². The summed E-state index contributed by atoms with van der Waals surface area (Å²) in [6.45, 7) is -0.364. The molecule has 9 heteroatoms. The average molecular weight is 428 g/mol. The summed E-state index contributed by atoms with van der Waals surface area (Å²) in [6, 6.07) is 17.1. The Kier molecular flexibility index (Phi) is 5.16. The van der Waals surface area contributed by atoms with Gasteiger partial charge in [-0.25, -0.2) is 13.1 Å². The molecule has 0 spiro atoms. The van der Waals surface area contributed by atoms with Gasteiger partial charge in [0, 0.05) is 23.0 Å². The molecule has 0 atom stereocenters. The number of thioether (sulfide) groups is 1. The summed E-state index contributed by atoms with van der Waals surface area (Å²) in [6.07, 6.45) is 3.69. The lowest BCUT2D eigenvalue weighted by Gasteiger charge is -2.28. The molecule has 1 aliphatic heterocycles. The molecule has 2 heterocycles. The molecule has 1 aromatic heterocycles. The van der Waals surface area contributed by atoms with Crippen molar-refractivity contribution in [1.29, 1.82) is 0 Å². The highest BCUT2D eigenvalue weighted by Gasteiger charge is 2.28. The lowest BCUT2D eigenvalue weighted by atomic mass is 10.2. The highest BCUT2D eigenvalue weighted by atomic mass is 32.2. The van der Waals surface area contributed by atoms with Crippen molar-refractivity contribution < 1.29 is 18.0 Å². The van der Waals surface area contributed by atoms with E-state index in [1.807, 2.05) is 41.2 Å². The quantitative estimate of drug-likeness (QED) is 0.676. The maximum atomic E-state index is 12.6. The van der Waals surface area contributed by atoms with Crippen LogP contribution in [0.5, 0.6) is 0 Å². The van der Waals surface area contributed by atoms with Crippen molar-refractivity contribution in [3.8, 4) is 5.69 Å². The van der Waals surface area contributed by atoms with E-state index in [-0.39, 0.29) is 23.1 Å². The van der Waals surface area contributed by atoms with Crippen molar-refractivity contribution >= 4 is 39.3 Å². The predicted molar refractivity (Wildman–Crippen MR) is 111 cm³/mol. The van der Waals surface area contributed by atoms with E-state index in [1.54, 1.807) is 24.3 Å². The normalized spacial score (nSPS) is 13.8. The molecular weight excluding hydrogens is 410 g/mol. The van der Waals surface area contributed by atoms with E-state index in [2.05, 4.69) is 4.72 Å². The van der Waals surface area contributed by atoms with Crippen LogP contribution in [0.2, 0.25) is 0 Å². The van der Waals surface area contributed by atoms with E-state index in [0.29, 0.717) is 5.69 Å². The molecule has 0 aliphatic carbocycles. The zero-order valence-electron chi connectivity index (χ0n) is 15.2. The van der Waals surface area contributed by atoms with E-state index < -0.39 is 15.9 Å². The van der Waals surface area contributed by atoms with E-state index in [9.17, 15) is 18.0 Å².